The Morgan fingerprint density at radius 2 is 1.97 bits per heavy atom. The van der Waals surface area contributed by atoms with Gasteiger partial charge < -0.3 is 19.1 Å². The van der Waals surface area contributed by atoms with Gasteiger partial charge in [-0.2, -0.15) is 0 Å². The molecule has 0 spiro atoms. The van der Waals surface area contributed by atoms with Crippen molar-refractivity contribution in [3.63, 3.8) is 0 Å². The maximum atomic E-state index is 14.7. The molecule has 1 aromatic carbocycles. The molecule has 1 amide bonds. The highest BCUT2D eigenvalue weighted by Crippen LogP contribution is 2.40. The molecule has 0 N–H and O–H groups in total. The minimum absolute atomic E-state index is 0.0296. The van der Waals surface area contributed by atoms with E-state index in [1.54, 1.807) is 17.0 Å². The van der Waals surface area contributed by atoms with E-state index in [9.17, 15) is 9.18 Å². The topological polar surface area (TPSA) is 78.1 Å². The van der Waals surface area contributed by atoms with E-state index in [2.05, 4.69) is 14.8 Å². The van der Waals surface area contributed by atoms with Crippen molar-refractivity contribution in [2.24, 2.45) is 11.8 Å². The largest absolute Gasteiger partial charge is 0.472 e. The third-order valence-electron chi connectivity index (χ3n) is 6.10. The average Bonchev–Trinajstić information content (AvgIpc) is 3.22. The normalized spacial score (nSPS) is 22.0. The van der Waals surface area contributed by atoms with E-state index in [0.29, 0.717) is 48.8 Å². The summed E-state index contributed by atoms with van der Waals surface area (Å²) in [7, 11) is 0. The van der Waals surface area contributed by atoms with Gasteiger partial charge in [0.2, 0.25) is 5.88 Å². The third kappa shape index (κ3) is 4.66. The molecule has 2 bridgehead atoms. The van der Waals surface area contributed by atoms with Gasteiger partial charge in [-0.05, 0) is 26.8 Å². The van der Waals surface area contributed by atoms with Gasteiger partial charge in [-0.3, -0.25) is 0 Å². The molecule has 0 aliphatic carbocycles. The number of nitrogens with zero attached hydrogens (tertiary/aromatic N) is 4. The van der Waals surface area contributed by atoms with Crippen molar-refractivity contribution in [3.8, 4) is 17.0 Å². The van der Waals surface area contributed by atoms with E-state index in [0.717, 1.165) is 4.70 Å². The molecule has 2 aliphatic rings. The third-order valence-corrected chi connectivity index (χ3v) is 7.05. The Morgan fingerprint density at radius 1 is 1.23 bits per heavy atom. The highest BCUT2D eigenvalue weighted by Gasteiger charge is 2.44. The first-order valence-corrected chi connectivity index (χ1v) is 12.2. The highest BCUT2D eigenvalue weighted by atomic mass is 32.1. The molecule has 3 aromatic rings. The van der Waals surface area contributed by atoms with Crippen molar-refractivity contribution in [2.45, 2.75) is 32.5 Å². The Bertz CT molecular complexity index is 1300. The van der Waals surface area contributed by atoms with E-state index in [1.807, 2.05) is 26.2 Å². The smallest absolute Gasteiger partial charge is 0.410 e. The molecule has 0 radical (unpaired) electrons. The molecule has 2 atom stereocenters. The number of amides is 1. The summed E-state index contributed by atoms with van der Waals surface area (Å²) in [4.78, 5) is 26.4. The predicted octanol–water partition coefficient (Wildman–Crippen LogP) is 5.31. The van der Waals surface area contributed by atoms with Gasteiger partial charge in [-0.25, -0.2) is 24.0 Å². The van der Waals surface area contributed by atoms with Crippen molar-refractivity contribution in [2.75, 3.05) is 26.3 Å². The molecule has 2 saturated heterocycles. The minimum atomic E-state index is -0.560. The van der Waals surface area contributed by atoms with E-state index in [4.69, 9.17) is 20.8 Å². The van der Waals surface area contributed by atoms with Crippen LogP contribution in [0, 0.1) is 24.2 Å². The van der Waals surface area contributed by atoms with Crippen LogP contribution in [0.5, 0.6) is 5.88 Å². The second kappa shape index (κ2) is 9.06. The van der Waals surface area contributed by atoms with Gasteiger partial charge in [-0.1, -0.05) is 12.1 Å². The number of hydrogen-bond acceptors (Lipinski definition) is 7. The molecule has 4 heterocycles. The SMILES string of the molecule is [C-]#[N+]c1ccc(-c2csc3c(OC4C5COCC4CN(C(=O)OC(C)(C)C)C5)ncnc23)c(F)c1. The lowest BCUT2D eigenvalue weighted by molar-refractivity contribution is -0.112. The Kier molecular flexibility index (Phi) is 6.07. The van der Waals surface area contributed by atoms with Crippen molar-refractivity contribution in [3.05, 3.63) is 47.1 Å². The van der Waals surface area contributed by atoms with Crippen LogP contribution in [0.4, 0.5) is 14.9 Å². The number of carbonyl (C=O) groups is 1. The molecule has 2 unspecified atom stereocenters. The Hall–Kier alpha value is -3.29. The van der Waals surface area contributed by atoms with E-state index >= 15 is 0 Å². The zero-order valence-corrected chi connectivity index (χ0v) is 20.5. The van der Waals surface area contributed by atoms with Crippen LogP contribution in [0.25, 0.3) is 26.2 Å². The number of rotatable bonds is 3. The lowest BCUT2D eigenvalue weighted by atomic mass is 9.84. The van der Waals surface area contributed by atoms with Crippen LogP contribution in [0.2, 0.25) is 0 Å². The maximum absolute atomic E-state index is 14.7. The summed E-state index contributed by atoms with van der Waals surface area (Å²) in [6, 6.07) is 4.41. The summed E-state index contributed by atoms with van der Waals surface area (Å²) >= 11 is 1.39. The van der Waals surface area contributed by atoms with Crippen LogP contribution in [-0.2, 0) is 9.47 Å². The Morgan fingerprint density at radius 3 is 2.63 bits per heavy atom. The van der Waals surface area contributed by atoms with Crippen molar-refractivity contribution in [1.29, 1.82) is 0 Å². The number of carbonyl (C=O) groups excluding carboxylic acids is 1. The molecule has 10 heteroatoms. The number of hydrogen-bond donors (Lipinski definition) is 0. The summed E-state index contributed by atoms with van der Waals surface area (Å²) in [5.74, 6) is -0.0892. The van der Waals surface area contributed by atoms with Crippen LogP contribution >= 0.6 is 11.3 Å². The van der Waals surface area contributed by atoms with Gasteiger partial charge in [0.1, 0.15) is 28.5 Å². The van der Waals surface area contributed by atoms with Crippen LogP contribution < -0.4 is 4.74 Å². The van der Waals surface area contributed by atoms with E-state index in [1.165, 1.54) is 23.7 Å². The first-order chi connectivity index (χ1) is 16.7. The monoisotopic (exact) mass is 496 g/mol. The minimum Gasteiger partial charge on any atom is -0.472 e. The second-order valence-corrected chi connectivity index (χ2v) is 10.7. The Balaban J connectivity index is 1.40. The number of piperidine rings is 1. The van der Waals surface area contributed by atoms with Crippen molar-refractivity contribution >= 4 is 33.3 Å². The molecule has 2 aromatic heterocycles. The Labute approximate surface area is 206 Å². The number of halogens is 1. The molecule has 0 saturated carbocycles. The molecule has 182 valence electrons. The summed E-state index contributed by atoms with van der Waals surface area (Å²) in [6.07, 6.45) is 0.911. The average molecular weight is 497 g/mol. The van der Waals surface area contributed by atoms with Gasteiger partial charge in [0.15, 0.2) is 5.69 Å². The van der Waals surface area contributed by atoms with Gasteiger partial charge in [0.25, 0.3) is 0 Å². The number of thiophene rings is 1. The van der Waals surface area contributed by atoms with Crippen LogP contribution in [0.3, 0.4) is 0 Å². The van der Waals surface area contributed by atoms with E-state index < -0.39 is 11.4 Å². The second-order valence-electron chi connectivity index (χ2n) is 9.81. The fraction of sp³-hybridized carbons (Fsp3) is 0.440. The van der Waals surface area contributed by atoms with Crippen molar-refractivity contribution in [1.82, 2.24) is 14.9 Å². The summed E-state index contributed by atoms with van der Waals surface area (Å²) in [6.45, 7) is 14.5. The summed E-state index contributed by atoms with van der Waals surface area (Å²) in [5.41, 5.74) is 1.30. The zero-order chi connectivity index (χ0) is 24.7. The summed E-state index contributed by atoms with van der Waals surface area (Å²) < 4.78 is 33.2. The maximum Gasteiger partial charge on any atom is 0.410 e. The molecule has 35 heavy (non-hydrogen) atoms. The fourth-order valence-corrected chi connectivity index (χ4v) is 5.54. The van der Waals surface area contributed by atoms with Gasteiger partial charge in [-0.15, -0.1) is 11.3 Å². The van der Waals surface area contributed by atoms with Crippen molar-refractivity contribution < 1.29 is 23.4 Å². The molecule has 2 fully saturated rings. The van der Waals surface area contributed by atoms with Gasteiger partial charge in [0, 0.05) is 41.4 Å². The zero-order valence-electron chi connectivity index (χ0n) is 19.7. The molecule has 8 nitrogen and oxygen atoms in total. The van der Waals surface area contributed by atoms with Crippen LogP contribution in [0.15, 0.2) is 29.9 Å². The van der Waals surface area contributed by atoms with Crippen LogP contribution in [0.1, 0.15) is 20.8 Å². The first kappa shape index (κ1) is 23.5. The number of benzene rings is 1. The quantitative estimate of drug-likeness (QED) is 0.458. The molecule has 5 rings (SSSR count). The first-order valence-electron chi connectivity index (χ1n) is 11.4. The number of likely N-dealkylation sites (tertiary alicyclic amines) is 1. The molecular formula is C25H25FN4O4S. The van der Waals surface area contributed by atoms with Crippen LogP contribution in [-0.4, -0.2) is 59.0 Å². The lowest BCUT2D eigenvalue weighted by Crippen LogP contribution is -2.59. The highest BCUT2D eigenvalue weighted by molar-refractivity contribution is 7.18. The number of aromatic nitrogens is 2. The molecular weight excluding hydrogens is 471 g/mol. The summed E-state index contributed by atoms with van der Waals surface area (Å²) in [5, 5.41) is 1.83. The molecule has 2 aliphatic heterocycles. The predicted molar refractivity (Wildman–Crippen MR) is 129 cm³/mol. The standard InChI is InChI=1S/C25H25FN4O4S/c1-25(2,3)34-24(31)30-8-14-10-32-11-15(9-30)21(14)33-23-22-20(28-13-29-23)18(12-35-22)17-6-5-16(27-4)7-19(17)26/h5-7,12-15,21H,8-11H2,1-3H3. The number of ether oxygens (including phenoxy) is 3. The van der Waals surface area contributed by atoms with Gasteiger partial charge in [0.05, 0.1) is 25.3 Å². The lowest BCUT2D eigenvalue weighted by Gasteiger charge is -2.46. The fourth-order valence-electron chi connectivity index (χ4n) is 4.59. The van der Waals surface area contributed by atoms with Gasteiger partial charge >= 0.3 is 6.09 Å². The van der Waals surface area contributed by atoms with E-state index in [-0.39, 0.29) is 29.7 Å². The number of fused-ring (bicyclic) bond motifs is 3.